The van der Waals surface area contributed by atoms with Crippen LogP contribution in [0.5, 0.6) is 5.75 Å². The highest BCUT2D eigenvalue weighted by Crippen LogP contribution is 2.17. The maximum atomic E-state index is 8.44. The first-order chi connectivity index (χ1) is 8.78. The van der Waals surface area contributed by atoms with Gasteiger partial charge in [0.25, 0.3) is 0 Å². The summed E-state index contributed by atoms with van der Waals surface area (Å²) in [6.07, 6.45) is 0. The van der Waals surface area contributed by atoms with Crippen molar-refractivity contribution in [3.63, 3.8) is 0 Å². The van der Waals surface area contributed by atoms with Crippen LogP contribution in [0.4, 0.5) is 0 Å². The van der Waals surface area contributed by atoms with Gasteiger partial charge in [0, 0.05) is 5.02 Å². The Kier molecular flexibility index (Phi) is 4.45. The van der Waals surface area contributed by atoms with Gasteiger partial charge in [0.1, 0.15) is 12.4 Å². The number of aromatic nitrogens is 3. The Labute approximate surface area is 113 Å². The Hall–Kier alpha value is -1.71. The van der Waals surface area contributed by atoms with Gasteiger partial charge in [-0.15, -0.1) is 5.10 Å². The van der Waals surface area contributed by atoms with Gasteiger partial charge in [-0.3, -0.25) is 5.10 Å². The predicted octanol–water partition coefficient (Wildman–Crippen LogP) is 2.65. The number of thioether (sulfide) groups is 1. The molecule has 0 fully saturated rings. The summed E-state index contributed by atoms with van der Waals surface area (Å²) < 4.78 is 5.50. The first-order valence-corrected chi connectivity index (χ1v) is 6.43. The molecular weight excluding hydrogens is 272 g/mol. The van der Waals surface area contributed by atoms with Crippen LogP contribution in [-0.4, -0.2) is 20.9 Å². The molecule has 1 aromatic heterocycles. The fraction of sp³-hybridized carbons (Fsp3) is 0.182. The third-order valence-electron chi connectivity index (χ3n) is 1.97. The highest BCUT2D eigenvalue weighted by molar-refractivity contribution is 7.99. The first kappa shape index (κ1) is 12.7. The van der Waals surface area contributed by atoms with Crippen molar-refractivity contribution in [3.8, 4) is 11.8 Å². The molecule has 0 atom stereocenters. The first-order valence-electron chi connectivity index (χ1n) is 5.07. The minimum Gasteiger partial charge on any atom is -0.486 e. The lowest BCUT2D eigenvalue weighted by molar-refractivity contribution is 0.296. The average molecular weight is 281 g/mol. The zero-order chi connectivity index (χ0) is 12.8. The molecule has 0 bridgehead atoms. The van der Waals surface area contributed by atoms with Gasteiger partial charge in [0.15, 0.2) is 5.82 Å². The van der Waals surface area contributed by atoms with Crippen LogP contribution in [0.15, 0.2) is 29.4 Å². The number of ether oxygens (including phenoxy) is 1. The number of hydrogen-bond acceptors (Lipinski definition) is 5. The van der Waals surface area contributed by atoms with E-state index in [-0.39, 0.29) is 0 Å². The quantitative estimate of drug-likeness (QED) is 0.852. The Balaban J connectivity index is 1.88. The number of benzene rings is 1. The number of rotatable bonds is 5. The zero-order valence-corrected chi connectivity index (χ0v) is 10.8. The Morgan fingerprint density at radius 3 is 2.89 bits per heavy atom. The molecule has 1 aromatic carbocycles. The van der Waals surface area contributed by atoms with Gasteiger partial charge in [-0.25, -0.2) is 4.98 Å². The van der Waals surface area contributed by atoms with Gasteiger partial charge in [0.2, 0.25) is 5.16 Å². The van der Waals surface area contributed by atoms with E-state index in [1.54, 1.807) is 24.3 Å². The lowest BCUT2D eigenvalue weighted by Gasteiger charge is -2.02. The summed E-state index contributed by atoms with van der Waals surface area (Å²) in [6.45, 7) is 0.293. The molecule has 2 aromatic rings. The second-order valence-corrected chi connectivity index (χ2v) is 4.63. The van der Waals surface area contributed by atoms with Crippen molar-refractivity contribution < 1.29 is 4.74 Å². The Morgan fingerprint density at radius 1 is 1.39 bits per heavy atom. The highest BCUT2D eigenvalue weighted by atomic mass is 35.5. The van der Waals surface area contributed by atoms with Crippen LogP contribution in [0.1, 0.15) is 5.82 Å². The van der Waals surface area contributed by atoms with Crippen LogP contribution in [0.2, 0.25) is 5.02 Å². The minimum atomic E-state index is 0.293. The molecule has 0 saturated heterocycles. The summed E-state index contributed by atoms with van der Waals surface area (Å²) in [5, 5.41) is 16.4. The molecule has 92 valence electrons. The SMILES string of the molecule is N#CCSc1n[nH]c(COc2ccc(Cl)cc2)n1. The molecule has 18 heavy (non-hydrogen) atoms. The van der Waals surface area contributed by atoms with Gasteiger partial charge in [-0.05, 0) is 24.3 Å². The summed E-state index contributed by atoms with van der Waals surface area (Å²) in [5.74, 6) is 1.66. The number of hydrogen-bond donors (Lipinski definition) is 1. The second-order valence-electron chi connectivity index (χ2n) is 3.25. The lowest BCUT2D eigenvalue weighted by atomic mass is 10.3. The largest absolute Gasteiger partial charge is 0.486 e. The average Bonchev–Trinajstić information content (AvgIpc) is 2.84. The molecule has 5 nitrogen and oxygen atoms in total. The molecule has 0 aliphatic rings. The number of halogens is 1. The summed E-state index contributed by atoms with van der Waals surface area (Å²) in [5.41, 5.74) is 0. The van der Waals surface area contributed by atoms with E-state index < -0.39 is 0 Å². The molecule has 2 rings (SSSR count). The van der Waals surface area contributed by atoms with E-state index in [0.717, 1.165) is 0 Å². The van der Waals surface area contributed by atoms with Crippen LogP contribution in [0.25, 0.3) is 0 Å². The van der Waals surface area contributed by atoms with Crippen LogP contribution in [0, 0.1) is 11.3 Å². The smallest absolute Gasteiger partial charge is 0.209 e. The highest BCUT2D eigenvalue weighted by Gasteiger charge is 2.04. The van der Waals surface area contributed by atoms with Crippen LogP contribution in [0.3, 0.4) is 0 Å². The van der Waals surface area contributed by atoms with Crippen molar-refractivity contribution in [2.45, 2.75) is 11.8 Å². The third kappa shape index (κ3) is 3.65. The number of nitrogens with one attached hydrogen (secondary N) is 1. The van der Waals surface area contributed by atoms with Crippen molar-refractivity contribution in [1.29, 1.82) is 5.26 Å². The lowest BCUT2D eigenvalue weighted by Crippen LogP contribution is -1.97. The zero-order valence-electron chi connectivity index (χ0n) is 9.26. The van der Waals surface area contributed by atoms with Gasteiger partial charge in [0.05, 0.1) is 11.8 Å². The maximum Gasteiger partial charge on any atom is 0.209 e. The van der Waals surface area contributed by atoms with E-state index in [1.165, 1.54) is 11.8 Å². The molecule has 0 spiro atoms. The maximum absolute atomic E-state index is 8.44. The standard InChI is InChI=1S/C11H9ClN4OS/c12-8-1-3-9(4-2-8)17-7-10-14-11(16-15-10)18-6-5-13/h1-4H,6-7H2,(H,14,15,16). The van der Waals surface area contributed by atoms with Crippen molar-refractivity contribution in [2.24, 2.45) is 0 Å². The fourth-order valence-electron chi connectivity index (χ4n) is 1.19. The normalized spacial score (nSPS) is 10.0. The summed E-state index contributed by atoms with van der Waals surface area (Å²) >= 11 is 7.04. The number of H-pyrrole nitrogens is 1. The van der Waals surface area contributed by atoms with Crippen molar-refractivity contribution >= 4 is 23.4 Å². The van der Waals surface area contributed by atoms with Crippen LogP contribution in [-0.2, 0) is 6.61 Å². The molecule has 0 aliphatic heterocycles. The van der Waals surface area contributed by atoms with E-state index in [1.807, 2.05) is 6.07 Å². The topological polar surface area (TPSA) is 74.6 Å². The van der Waals surface area contributed by atoms with Gasteiger partial charge in [-0.1, -0.05) is 23.4 Å². The summed E-state index contributed by atoms with van der Waals surface area (Å²) in [4.78, 5) is 4.17. The molecule has 1 heterocycles. The molecule has 0 amide bonds. The van der Waals surface area contributed by atoms with E-state index in [0.29, 0.717) is 34.1 Å². The molecule has 1 N–H and O–H groups in total. The van der Waals surface area contributed by atoms with E-state index >= 15 is 0 Å². The Bertz CT molecular complexity index is 549. The summed E-state index contributed by atoms with van der Waals surface area (Å²) in [7, 11) is 0. The number of nitriles is 1. The van der Waals surface area contributed by atoms with Crippen molar-refractivity contribution in [2.75, 3.05) is 5.75 Å². The van der Waals surface area contributed by atoms with Crippen LogP contribution >= 0.6 is 23.4 Å². The van der Waals surface area contributed by atoms with Gasteiger partial charge >= 0.3 is 0 Å². The van der Waals surface area contributed by atoms with Crippen molar-refractivity contribution in [1.82, 2.24) is 15.2 Å². The minimum absolute atomic E-state index is 0.293. The van der Waals surface area contributed by atoms with E-state index in [2.05, 4.69) is 15.2 Å². The molecular formula is C11H9ClN4OS. The predicted molar refractivity (Wildman–Crippen MR) is 68.5 cm³/mol. The summed E-state index contributed by atoms with van der Waals surface area (Å²) in [6, 6.07) is 9.09. The molecule has 0 radical (unpaired) electrons. The fourth-order valence-corrected chi connectivity index (χ4v) is 1.79. The van der Waals surface area contributed by atoms with Crippen LogP contribution < -0.4 is 4.74 Å². The monoisotopic (exact) mass is 280 g/mol. The second kappa shape index (κ2) is 6.28. The Morgan fingerprint density at radius 2 is 2.17 bits per heavy atom. The molecule has 7 heteroatoms. The van der Waals surface area contributed by atoms with E-state index in [9.17, 15) is 0 Å². The number of aromatic amines is 1. The molecule has 0 aliphatic carbocycles. The number of nitrogens with zero attached hydrogens (tertiary/aromatic N) is 3. The molecule has 0 unspecified atom stereocenters. The van der Waals surface area contributed by atoms with Gasteiger partial charge < -0.3 is 4.74 Å². The van der Waals surface area contributed by atoms with Crippen molar-refractivity contribution in [3.05, 3.63) is 35.1 Å². The van der Waals surface area contributed by atoms with Gasteiger partial charge in [-0.2, -0.15) is 5.26 Å². The third-order valence-corrected chi connectivity index (χ3v) is 2.93. The van der Waals surface area contributed by atoms with E-state index in [4.69, 9.17) is 21.6 Å². The molecule has 0 saturated carbocycles.